The fraction of sp³-hybridized carbons (Fsp3) is 0.250. The Balaban J connectivity index is 1.34. The van der Waals surface area contributed by atoms with E-state index in [1.807, 2.05) is 12.3 Å². The summed E-state index contributed by atoms with van der Waals surface area (Å²) < 4.78 is 7.85. The number of fused-ring (bicyclic) bond motifs is 2. The molecule has 0 atom stereocenters. The highest BCUT2D eigenvalue weighted by molar-refractivity contribution is 7.13. The number of hydrogen-bond donors (Lipinski definition) is 1. The number of morpholine rings is 1. The third-order valence-electron chi connectivity index (χ3n) is 6.01. The number of aromatic amines is 1. The van der Waals surface area contributed by atoms with Crippen molar-refractivity contribution in [3.8, 4) is 21.8 Å². The molecule has 0 saturated carbocycles. The molecule has 0 aliphatic carbocycles. The molecule has 1 aliphatic heterocycles. The van der Waals surface area contributed by atoms with Gasteiger partial charge < -0.3 is 14.3 Å². The fourth-order valence-corrected chi connectivity index (χ4v) is 5.21. The lowest BCUT2D eigenvalue weighted by Crippen LogP contribution is -2.38. The normalized spacial score (nSPS) is 15.2. The minimum atomic E-state index is 0.836. The molecule has 1 aromatic carbocycles. The summed E-state index contributed by atoms with van der Waals surface area (Å²) in [6.45, 7) is 5.70. The predicted molar refractivity (Wildman–Crippen MR) is 125 cm³/mol. The Morgan fingerprint density at radius 3 is 2.81 bits per heavy atom. The van der Waals surface area contributed by atoms with Crippen LogP contribution in [0.15, 0.2) is 60.4 Å². The van der Waals surface area contributed by atoms with Crippen molar-refractivity contribution in [3.05, 3.63) is 60.4 Å². The number of benzene rings is 1. The number of hydrogen-bond acceptors (Lipinski definition) is 5. The Hall–Kier alpha value is -3.00. The molecular formula is C24H23N5OS. The highest BCUT2D eigenvalue weighted by atomic mass is 32.1. The number of aromatic nitrogens is 4. The van der Waals surface area contributed by atoms with Gasteiger partial charge in [0.2, 0.25) is 0 Å². The number of nitrogens with zero attached hydrogens (tertiary/aromatic N) is 4. The van der Waals surface area contributed by atoms with Gasteiger partial charge in [-0.1, -0.05) is 18.2 Å². The zero-order valence-corrected chi connectivity index (χ0v) is 17.9. The lowest BCUT2D eigenvalue weighted by Gasteiger charge is -2.26. The standard InChI is InChI=1S/C24H23N5OS/c1-2-6-22-17(4-1)20(15-29(22)9-8-28-10-12-30-13-11-28)24-27-21(16-31-24)19-14-26-23-18(19)5-3-7-25-23/h1-7,14-16H,8-13H2,(H,25,26). The van der Waals surface area contributed by atoms with Gasteiger partial charge in [-0.15, -0.1) is 11.3 Å². The molecular weight excluding hydrogens is 406 g/mol. The summed E-state index contributed by atoms with van der Waals surface area (Å²) in [6, 6.07) is 12.7. The lowest BCUT2D eigenvalue weighted by atomic mass is 10.1. The third kappa shape index (κ3) is 3.44. The van der Waals surface area contributed by atoms with Crippen molar-refractivity contribution in [3.63, 3.8) is 0 Å². The Morgan fingerprint density at radius 2 is 1.87 bits per heavy atom. The Morgan fingerprint density at radius 1 is 1.00 bits per heavy atom. The molecule has 5 heterocycles. The van der Waals surface area contributed by atoms with Crippen LogP contribution in [0.1, 0.15) is 0 Å². The molecule has 6 rings (SSSR count). The minimum absolute atomic E-state index is 0.836. The summed E-state index contributed by atoms with van der Waals surface area (Å²) in [7, 11) is 0. The molecule has 0 bridgehead atoms. The van der Waals surface area contributed by atoms with E-state index in [1.54, 1.807) is 17.5 Å². The maximum atomic E-state index is 5.48. The van der Waals surface area contributed by atoms with Crippen LogP contribution in [-0.2, 0) is 11.3 Å². The van der Waals surface area contributed by atoms with E-state index in [9.17, 15) is 0 Å². The van der Waals surface area contributed by atoms with Crippen LogP contribution in [0, 0.1) is 0 Å². The predicted octanol–water partition coefficient (Wildman–Crippen LogP) is 4.64. The van der Waals surface area contributed by atoms with Crippen molar-refractivity contribution in [2.75, 3.05) is 32.8 Å². The van der Waals surface area contributed by atoms with Crippen LogP contribution in [0.5, 0.6) is 0 Å². The second kappa shape index (κ2) is 7.92. The molecule has 0 radical (unpaired) electrons. The number of pyridine rings is 1. The SMILES string of the molecule is c1cnc2[nH]cc(-c3csc(-c4cn(CCN5CCOCC5)c5ccccc45)n3)c2c1. The molecule has 1 saturated heterocycles. The summed E-state index contributed by atoms with van der Waals surface area (Å²) in [5.41, 5.74) is 5.45. The van der Waals surface area contributed by atoms with Crippen LogP contribution in [0.4, 0.5) is 0 Å². The highest BCUT2D eigenvalue weighted by Crippen LogP contribution is 2.36. The first-order valence-corrected chi connectivity index (χ1v) is 11.5. The third-order valence-corrected chi connectivity index (χ3v) is 6.89. The molecule has 5 aromatic rings. The Bertz CT molecular complexity index is 1340. The minimum Gasteiger partial charge on any atom is -0.379 e. The van der Waals surface area contributed by atoms with Crippen LogP contribution < -0.4 is 0 Å². The van der Waals surface area contributed by atoms with Crippen molar-refractivity contribution >= 4 is 33.3 Å². The van der Waals surface area contributed by atoms with E-state index in [1.165, 1.54) is 16.5 Å². The average molecular weight is 430 g/mol. The molecule has 0 spiro atoms. The maximum Gasteiger partial charge on any atom is 0.137 e. The van der Waals surface area contributed by atoms with Crippen LogP contribution in [0.3, 0.4) is 0 Å². The van der Waals surface area contributed by atoms with Gasteiger partial charge in [0.25, 0.3) is 0 Å². The topological polar surface area (TPSA) is 59.0 Å². The number of rotatable bonds is 5. The molecule has 1 fully saturated rings. The van der Waals surface area contributed by atoms with Gasteiger partial charge in [-0.25, -0.2) is 9.97 Å². The summed E-state index contributed by atoms with van der Waals surface area (Å²) in [4.78, 5) is 15.1. The summed E-state index contributed by atoms with van der Waals surface area (Å²) in [5, 5.41) is 5.55. The molecule has 0 amide bonds. The number of para-hydroxylation sites is 1. The Labute approximate surface area is 184 Å². The molecule has 156 valence electrons. The molecule has 31 heavy (non-hydrogen) atoms. The quantitative estimate of drug-likeness (QED) is 0.442. The van der Waals surface area contributed by atoms with E-state index >= 15 is 0 Å². The zero-order chi connectivity index (χ0) is 20.6. The van der Waals surface area contributed by atoms with Gasteiger partial charge in [-0.2, -0.15) is 0 Å². The lowest BCUT2D eigenvalue weighted by molar-refractivity contribution is 0.0365. The van der Waals surface area contributed by atoms with E-state index < -0.39 is 0 Å². The van der Waals surface area contributed by atoms with Crippen LogP contribution in [0.25, 0.3) is 43.8 Å². The van der Waals surface area contributed by atoms with E-state index in [2.05, 4.69) is 61.3 Å². The van der Waals surface area contributed by atoms with Crippen LogP contribution >= 0.6 is 11.3 Å². The highest BCUT2D eigenvalue weighted by Gasteiger charge is 2.17. The summed E-state index contributed by atoms with van der Waals surface area (Å²) in [5.74, 6) is 0. The van der Waals surface area contributed by atoms with Gasteiger partial charge >= 0.3 is 0 Å². The maximum absolute atomic E-state index is 5.48. The zero-order valence-electron chi connectivity index (χ0n) is 17.1. The van der Waals surface area contributed by atoms with E-state index in [-0.39, 0.29) is 0 Å². The summed E-state index contributed by atoms with van der Waals surface area (Å²) >= 11 is 1.70. The monoisotopic (exact) mass is 429 g/mol. The van der Waals surface area contributed by atoms with Crippen molar-refractivity contribution in [1.29, 1.82) is 0 Å². The first-order valence-electron chi connectivity index (χ1n) is 10.6. The largest absolute Gasteiger partial charge is 0.379 e. The van der Waals surface area contributed by atoms with Crippen LogP contribution in [0.2, 0.25) is 0 Å². The van der Waals surface area contributed by atoms with Crippen molar-refractivity contribution in [2.45, 2.75) is 6.54 Å². The van der Waals surface area contributed by atoms with Gasteiger partial charge in [0, 0.05) is 77.6 Å². The van der Waals surface area contributed by atoms with Gasteiger partial charge in [-0.3, -0.25) is 4.90 Å². The molecule has 6 nitrogen and oxygen atoms in total. The first-order chi connectivity index (χ1) is 15.4. The fourth-order valence-electron chi connectivity index (χ4n) is 4.37. The molecule has 1 aliphatic rings. The molecule has 7 heteroatoms. The number of ether oxygens (including phenoxy) is 1. The number of H-pyrrole nitrogens is 1. The average Bonchev–Trinajstić information content (AvgIpc) is 3.55. The van der Waals surface area contributed by atoms with Gasteiger partial charge in [0.1, 0.15) is 10.7 Å². The van der Waals surface area contributed by atoms with Gasteiger partial charge in [0.05, 0.1) is 18.9 Å². The number of thiazole rings is 1. The van der Waals surface area contributed by atoms with E-state index in [0.717, 1.165) is 66.7 Å². The molecule has 0 unspecified atom stereocenters. The van der Waals surface area contributed by atoms with Crippen molar-refractivity contribution in [2.24, 2.45) is 0 Å². The second-order valence-electron chi connectivity index (χ2n) is 7.85. The van der Waals surface area contributed by atoms with Gasteiger partial charge in [0.15, 0.2) is 0 Å². The molecule has 1 N–H and O–H groups in total. The summed E-state index contributed by atoms with van der Waals surface area (Å²) in [6.07, 6.45) is 6.08. The number of nitrogens with one attached hydrogen (secondary N) is 1. The van der Waals surface area contributed by atoms with E-state index in [4.69, 9.17) is 9.72 Å². The van der Waals surface area contributed by atoms with Crippen LogP contribution in [-0.4, -0.2) is 57.3 Å². The van der Waals surface area contributed by atoms with Gasteiger partial charge in [-0.05, 0) is 18.2 Å². The van der Waals surface area contributed by atoms with Crippen molar-refractivity contribution in [1.82, 2.24) is 24.4 Å². The first kappa shape index (κ1) is 18.7. The smallest absolute Gasteiger partial charge is 0.137 e. The molecule has 4 aromatic heterocycles. The van der Waals surface area contributed by atoms with E-state index in [0.29, 0.717) is 0 Å². The van der Waals surface area contributed by atoms with Crippen molar-refractivity contribution < 1.29 is 4.74 Å². The Kier molecular flexibility index (Phi) is 4.79. The second-order valence-corrected chi connectivity index (χ2v) is 8.71.